The van der Waals surface area contributed by atoms with E-state index < -0.39 is 23.4 Å². The lowest BCUT2D eigenvalue weighted by molar-refractivity contribution is -0.116. The van der Waals surface area contributed by atoms with Crippen molar-refractivity contribution in [3.63, 3.8) is 0 Å². The van der Waals surface area contributed by atoms with Gasteiger partial charge in [0.1, 0.15) is 22.4 Å². The average molecular weight is 498 g/mol. The fourth-order valence-corrected chi connectivity index (χ4v) is 5.14. The van der Waals surface area contributed by atoms with Crippen LogP contribution in [0.2, 0.25) is 0 Å². The molecule has 1 aliphatic carbocycles. The second-order valence-corrected chi connectivity index (χ2v) is 9.42. The number of fused-ring (bicyclic) bond motifs is 1. The van der Waals surface area contributed by atoms with Crippen LogP contribution in [0.1, 0.15) is 64.6 Å². The SMILES string of the molecule is CCOC(=O)c1ccc(NC(=O)Cn2cnc3sc(C(=O)OC4CCCCC4)c(C)c3c2=O)cc1. The average Bonchev–Trinajstić information content (AvgIpc) is 3.19. The zero-order valence-electron chi connectivity index (χ0n) is 19.7. The second-order valence-electron chi connectivity index (χ2n) is 8.43. The molecule has 2 heterocycles. The number of carbonyl (C=O) groups excluding carboxylic acids is 3. The first-order valence-electron chi connectivity index (χ1n) is 11.6. The van der Waals surface area contributed by atoms with E-state index in [2.05, 4.69) is 10.3 Å². The minimum absolute atomic E-state index is 0.0828. The Hall–Kier alpha value is -3.53. The van der Waals surface area contributed by atoms with Gasteiger partial charge < -0.3 is 14.8 Å². The number of carbonyl (C=O) groups is 3. The molecule has 0 bridgehead atoms. The van der Waals surface area contributed by atoms with E-state index in [1.807, 2.05) is 0 Å². The molecule has 1 saturated carbocycles. The zero-order valence-corrected chi connectivity index (χ0v) is 20.5. The first kappa shape index (κ1) is 24.6. The topological polar surface area (TPSA) is 117 Å². The molecule has 35 heavy (non-hydrogen) atoms. The maximum atomic E-state index is 13.1. The van der Waals surface area contributed by atoms with Crippen molar-refractivity contribution < 1.29 is 23.9 Å². The number of amides is 1. The summed E-state index contributed by atoms with van der Waals surface area (Å²) in [4.78, 5) is 55.3. The predicted octanol–water partition coefficient (Wildman–Crippen LogP) is 4.07. The molecule has 0 aliphatic heterocycles. The van der Waals surface area contributed by atoms with E-state index in [4.69, 9.17) is 9.47 Å². The highest BCUT2D eigenvalue weighted by Crippen LogP contribution is 2.29. The smallest absolute Gasteiger partial charge is 0.348 e. The van der Waals surface area contributed by atoms with E-state index >= 15 is 0 Å². The third-order valence-corrected chi connectivity index (χ3v) is 7.10. The molecule has 0 saturated heterocycles. The number of ether oxygens (including phenoxy) is 2. The van der Waals surface area contributed by atoms with Crippen LogP contribution in [-0.4, -0.2) is 40.1 Å². The first-order chi connectivity index (χ1) is 16.9. The molecule has 1 aromatic carbocycles. The Morgan fingerprint density at radius 2 is 1.83 bits per heavy atom. The monoisotopic (exact) mass is 497 g/mol. The molecule has 4 rings (SSSR count). The maximum Gasteiger partial charge on any atom is 0.348 e. The molecule has 0 radical (unpaired) electrons. The van der Waals surface area contributed by atoms with Crippen molar-refractivity contribution in [1.29, 1.82) is 0 Å². The summed E-state index contributed by atoms with van der Waals surface area (Å²) in [5.74, 6) is -1.29. The fraction of sp³-hybridized carbons (Fsp3) is 0.400. The highest BCUT2D eigenvalue weighted by Gasteiger charge is 2.24. The van der Waals surface area contributed by atoms with Gasteiger partial charge in [-0.2, -0.15) is 0 Å². The van der Waals surface area contributed by atoms with Crippen LogP contribution >= 0.6 is 11.3 Å². The summed E-state index contributed by atoms with van der Waals surface area (Å²) in [6.45, 7) is 3.45. The number of esters is 2. The van der Waals surface area contributed by atoms with Crippen molar-refractivity contribution in [2.45, 2.75) is 58.6 Å². The van der Waals surface area contributed by atoms with Crippen molar-refractivity contribution >= 4 is 45.1 Å². The van der Waals surface area contributed by atoms with Gasteiger partial charge in [0.2, 0.25) is 5.91 Å². The van der Waals surface area contributed by atoms with Crippen molar-refractivity contribution in [3.8, 4) is 0 Å². The van der Waals surface area contributed by atoms with E-state index in [0.29, 0.717) is 31.9 Å². The van der Waals surface area contributed by atoms with Gasteiger partial charge in [-0.15, -0.1) is 11.3 Å². The molecule has 1 fully saturated rings. The summed E-state index contributed by atoms with van der Waals surface area (Å²) >= 11 is 1.13. The normalized spacial score (nSPS) is 14.0. The number of benzene rings is 1. The minimum atomic E-state index is -0.440. The van der Waals surface area contributed by atoms with Crippen molar-refractivity contribution in [3.05, 3.63) is 57.0 Å². The molecule has 0 spiro atoms. The largest absolute Gasteiger partial charge is 0.462 e. The summed E-state index contributed by atoms with van der Waals surface area (Å²) in [6, 6.07) is 6.27. The van der Waals surface area contributed by atoms with E-state index in [0.717, 1.165) is 43.4 Å². The van der Waals surface area contributed by atoms with Crippen LogP contribution < -0.4 is 10.9 Å². The lowest BCUT2D eigenvalue weighted by Crippen LogP contribution is -2.28. The van der Waals surface area contributed by atoms with Crippen molar-refractivity contribution in [2.24, 2.45) is 0 Å². The van der Waals surface area contributed by atoms with Gasteiger partial charge in [-0.05, 0) is 69.4 Å². The highest BCUT2D eigenvalue weighted by molar-refractivity contribution is 7.20. The number of aryl methyl sites for hydroxylation is 1. The van der Waals surface area contributed by atoms with Gasteiger partial charge in [0.25, 0.3) is 5.56 Å². The lowest BCUT2D eigenvalue weighted by atomic mass is 9.98. The van der Waals surface area contributed by atoms with E-state index in [9.17, 15) is 19.2 Å². The number of nitrogens with zero attached hydrogens (tertiary/aromatic N) is 2. The Kier molecular flexibility index (Phi) is 7.60. The molecule has 9 nitrogen and oxygen atoms in total. The Balaban J connectivity index is 1.47. The number of rotatable bonds is 7. The quantitative estimate of drug-likeness (QED) is 0.489. The molecule has 10 heteroatoms. The molecule has 0 atom stereocenters. The Morgan fingerprint density at radius 1 is 1.11 bits per heavy atom. The van der Waals surface area contributed by atoms with Crippen LogP contribution in [0.3, 0.4) is 0 Å². The standard InChI is InChI=1S/C25H27N3O6S/c1-3-33-24(31)16-9-11-17(12-10-16)27-19(29)13-28-14-26-22-20(23(28)30)15(2)21(35-22)25(32)34-18-7-5-4-6-8-18/h9-12,14,18H,3-8,13H2,1-2H3,(H,27,29). The van der Waals surface area contributed by atoms with Gasteiger partial charge in [0, 0.05) is 5.69 Å². The molecular formula is C25H27N3O6S. The maximum absolute atomic E-state index is 13.1. The number of aromatic nitrogens is 2. The first-order valence-corrected chi connectivity index (χ1v) is 12.5. The number of nitrogens with one attached hydrogen (secondary N) is 1. The molecule has 184 valence electrons. The van der Waals surface area contributed by atoms with Crippen molar-refractivity contribution in [1.82, 2.24) is 9.55 Å². The summed E-state index contributed by atoms with van der Waals surface area (Å²) in [7, 11) is 0. The minimum Gasteiger partial charge on any atom is -0.462 e. The Morgan fingerprint density at radius 3 is 2.51 bits per heavy atom. The van der Waals surface area contributed by atoms with Gasteiger partial charge in [-0.1, -0.05) is 6.42 Å². The summed E-state index contributed by atoms with van der Waals surface area (Å²) in [5.41, 5.74) is 0.979. The van der Waals surface area contributed by atoms with Gasteiger partial charge in [0.05, 0.1) is 23.9 Å². The van der Waals surface area contributed by atoms with Crippen molar-refractivity contribution in [2.75, 3.05) is 11.9 Å². The van der Waals surface area contributed by atoms with Gasteiger partial charge >= 0.3 is 11.9 Å². The summed E-state index contributed by atoms with van der Waals surface area (Å²) in [6.07, 6.45) is 6.20. The van der Waals surface area contributed by atoms with E-state index in [1.54, 1.807) is 38.1 Å². The van der Waals surface area contributed by atoms with Crippen LogP contribution in [0, 0.1) is 6.92 Å². The molecule has 1 N–H and O–H groups in total. The number of anilines is 1. The molecule has 0 unspecified atom stereocenters. The zero-order chi connectivity index (χ0) is 24.9. The predicted molar refractivity (Wildman–Crippen MR) is 132 cm³/mol. The van der Waals surface area contributed by atoms with Crippen LogP contribution in [0.4, 0.5) is 5.69 Å². The van der Waals surface area contributed by atoms with Crippen LogP contribution in [0.25, 0.3) is 10.2 Å². The third kappa shape index (κ3) is 5.59. The molecule has 1 aliphatic rings. The molecule has 2 aromatic heterocycles. The Bertz CT molecular complexity index is 1310. The number of hydrogen-bond donors (Lipinski definition) is 1. The third-order valence-electron chi connectivity index (χ3n) is 5.92. The molecule has 1 amide bonds. The van der Waals surface area contributed by atoms with Crippen LogP contribution in [0.15, 0.2) is 35.4 Å². The lowest BCUT2D eigenvalue weighted by Gasteiger charge is -2.21. The molecule has 3 aromatic rings. The number of thiophene rings is 1. The summed E-state index contributed by atoms with van der Waals surface area (Å²) < 4.78 is 11.8. The van der Waals surface area contributed by atoms with Gasteiger partial charge in [-0.3, -0.25) is 14.2 Å². The van der Waals surface area contributed by atoms with E-state index in [1.165, 1.54) is 10.9 Å². The van der Waals surface area contributed by atoms with Gasteiger partial charge in [0.15, 0.2) is 0 Å². The van der Waals surface area contributed by atoms with Crippen LogP contribution in [-0.2, 0) is 20.8 Å². The molecular weight excluding hydrogens is 470 g/mol. The Labute approximate surface area is 206 Å². The second kappa shape index (κ2) is 10.8. The fourth-order valence-electron chi connectivity index (χ4n) is 4.11. The van der Waals surface area contributed by atoms with E-state index in [-0.39, 0.29) is 19.3 Å². The summed E-state index contributed by atoms with van der Waals surface area (Å²) in [5, 5.41) is 3.02. The van der Waals surface area contributed by atoms with Crippen LogP contribution in [0.5, 0.6) is 0 Å². The van der Waals surface area contributed by atoms with Gasteiger partial charge in [-0.25, -0.2) is 14.6 Å². The highest BCUT2D eigenvalue weighted by atomic mass is 32.1. The number of hydrogen-bond acceptors (Lipinski definition) is 8.